The van der Waals surface area contributed by atoms with Crippen LogP contribution in [0.25, 0.3) is 0 Å². The van der Waals surface area contributed by atoms with Crippen molar-refractivity contribution >= 4 is 5.78 Å². The fraction of sp³-hybridized carbons (Fsp3) is 0.458. The highest BCUT2D eigenvalue weighted by molar-refractivity contribution is 6.11. The molecule has 0 N–H and O–H groups in total. The molecule has 0 fully saturated rings. The average Bonchev–Trinajstić information content (AvgIpc) is 3.07. The van der Waals surface area contributed by atoms with Crippen LogP contribution in [-0.4, -0.2) is 25.7 Å². The summed E-state index contributed by atoms with van der Waals surface area (Å²) in [5.74, 6) is 0.0160. The zero-order valence-electron chi connectivity index (χ0n) is 17.8. The minimum Gasteiger partial charge on any atom is -0.289 e. The summed E-state index contributed by atoms with van der Waals surface area (Å²) in [6.07, 6.45) is 11.4. The molecule has 0 atom stereocenters. The van der Waals surface area contributed by atoms with Crippen molar-refractivity contribution in [2.24, 2.45) is 16.2 Å². The summed E-state index contributed by atoms with van der Waals surface area (Å²) in [7, 11) is 0. The summed E-state index contributed by atoms with van der Waals surface area (Å²) in [6, 6.07) is 0. The van der Waals surface area contributed by atoms with Crippen LogP contribution in [0.2, 0.25) is 0 Å². The Morgan fingerprint density at radius 1 is 0.655 bits per heavy atom. The van der Waals surface area contributed by atoms with Gasteiger partial charge in [-0.2, -0.15) is 0 Å². The van der Waals surface area contributed by atoms with Crippen molar-refractivity contribution in [3.05, 3.63) is 70.9 Å². The van der Waals surface area contributed by atoms with Crippen LogP contribution < -0.4 is 0 Å². The Bertz CT molecular complexity index is 981. The molecule has 0 aliphatic heterocycles. The number of hydrogen-bond donors (Lipinski definition) is 0. The lowest BCUT2D eigenvalue weighted by Gasteiger charge is -2.39. The number of carbonyl (C=O) groups is 1. The topological polar surface area (TPSA) is 68.6 Å². The first-order chi connectivity index (χ1) is 13.6. The Kier molecular flexibility index (Phi) is 3.46. The van der Waals surface area contributed by atoms with Crippen molar-refractivity contribution in [1.29, 1.82) is 0 Å². The van der Waals surface area contributed by atoms with Gasteiger partial charge in [-0.25, -0.2) is 0 Å². The number of ketones is 1. The first kappa shape index (κ1) is 18.3. The van der Waals surface area contributed by atoms with Crippen molar-refractivity contribution in [3.8, 4) is 0 Å². The molecule has 2 aromatic heterocycles. The van der Waals surface area contributed by atoms with E-state index in [4.69, 9.17) is 19.9 Å². The van der Waals surface area contributed by atoms with E-state index in [9.17, 15) is 4.79 Å². The molecule has 0 unspecified atom stereocenters. The molecule has 0 radical (unpaired) electrons. The maximum Gasteiger partial charge on any atom is 0.185 e. The van der Waals surface area contributed by atoms with Crippen molar-refractivity contribution in [3.63, 3.8) is 0 Å². The maximum absolute atomic E-state index is 13.5. The molecule has 5 nitrogen and oxygen atoms in total. The van der Waals surface area contributed by atoms with Gasteiger partial charge in [0.15, 0.2) is 5.78 Å². The first-order valence-corrected chi connectivity index (χ1v) is 10.2. The van der Waals surface area contributed by atoms with Gasteiger partial charge in [0.25, 0.3) is 0 Å². The van der Waals surface area contributed by atoms with Gasteiger partial charge in [0.1, 0.15) is 0 Å². The van der Waals surface area contributed by atoms with Crippen molar-refractivity contribution in [2.75, 3.05) is 0 Å². The third kappa shape index (κ3) is 2.30. The molecule has 2 bridgehead atoms. The molecule has 5 rings (SSSR count). The van der Waals surface area contributed by atoms with Gasteiger partial charge >= 0.3 is 0 Å². The zero-order valence-corrected chi connectivity index (χ0v) is 17.8. The summed E-state index contributed by atoms with van der Waals surface area (Å²) in [6.45, 7) is 12.7. The lowest BCUT2D eigenvalue weighted by molar-refractivity contribution is -0.114. The molecule has 5 heteroatoms. The maximum atomic E-state index is 13.5. The number of Topliss-reactive ketones (excluding diaryl/α,β-unsaturated/α-hetero) is 1. The highest BCUT2D eigenvalue weighted by atomic mass is 16.1. The Hall–Kier alpha value is -2.69. The van der Waals surface area contributed by atoms with Gasteiger partial charge in [0.2, 0.25) is 0 Å². The van der Waals surface area contributed by atoms with E-state index in [2.05, 4.69) is 53.7 Å². The van der Waals surface area contributed by atoms with Crippen molar-refractivity contribution < 1.29 is 4.79 Å². The Morgan fingerprint density at radius 2 is 0.966 bits per heavy atom. The molecule has 148 valence electrons. The highest BCUT2D eigenvalue weighted by Crippen LogP contribution is 2.68. The van der Waals surface area contributed by atoms with E-state index in [1.807, 2.05) is 0 Å². The SMILES string of the molecule is CC(C)(C)C1=CC2(C=C(C(C)(C)C)C1=O)C1c3nccnc3C2c2nccnc21. The number of aromatic nitrogens is 4. The Labute approximate surface area is 171 Å². The minimum absolute atomic E-state index is 0.0669. The van der Waals surface area contributed by atoms with Crippen LogP contribution >= 0.6 is 0 Å². The fourth-order valence-corrected chi connectivity index (χ4v) is 5.25. The molecule has 2 aromatic rings. The van der Waals surface area contributed by atoms with Crippen LogP contribution in [0, 0.1) is 16.2 Å². The van der Waals surface area contributed by atoms with E-state index in [0.717, 1.165) is 33.9 Å². The summed E-state index contributed by atoms with van der Waals surface area (Å²) < 4.78 is 0. The predicted octanol–water partition coefficient (Wildman–Crippen LogP) is 4.37. The summed E-state index contributed by atoms with van der Waals surface area (Å²) in [5, 5.41) is 0. The van der Waals surface area contributed by atoms with Crippen molar-refractivity contribution in [1.82, 2.24) is 19.9 Å². The van der Waals surface area contributed by atoms with Crippen LogP contribution in [0.5, 0.6) is 0 Å². The number of fused-ring (bicyclic) bond motifs is 6. The van der Waals surface area contributed by atoms with E-state index in [1.165, 1.54) is 0 Å². The molecule has 3 aliphatic carbocycles. The second-order valence-corrected chi connectivity index (χ2v) is 10.5. The van der Waals surface area contributed by atoms with Crippen LogP contribution in [0.1, 0.15) is 76.2 Å². The zero-order chi connectivity index (χ0) is 20.8. The average molecular weight is 386 g/mol. The lowest BCUT2D eigenvalue weighted by atomic mass is 9.62. The number of rotatable bonds is 0. The molecule has 0 amide bonds. The smallest absolute Gasteiger partial charge is 0.185 e. The number of nitrogens with zero attached hydrogens (tertiary/aromatic N) is 4. The predicted molar refractivity (Wildman–Crippen MR) is 110 cm³/mol. The molecule has 0 aromatic carbocycles. The van der Waals surface area contributed by atoms with Gasteiger partial charge in [-0.1, -0.05) is 53.7 Å². The number of hydrogen-bond acceptors (Lipinski definition) is 5. The van der Waals surface area contributed by atoms with Gasteiger partial charge in [0.05, 0.1) is 34.6 Å². The molecule has 0 saturated carbocycles. The van der Waals surface area contributed by atoms with E-state index in [0.29, 0.717) is 0 Å². The molecule has 29 heavy (non-hydrogen) atoms. The van der Waals surface area contributed by atoms with E-state index >= 15 is 0 Å². The quantitative estimate of drug-likeness (QED) is 0.672. The van der Waals surface area contributed by atoms with Crippen LogP contribution in [-0.2, 0) is 4.79 Å². The fourth-order valence-electron chi connectivity index (χ4n) is 5.25. The molecule has 0 saturated heterocycles. The largest absolute Gasteiger partial charge is 0.289 e. The van der Waals surface area contributed by atoms with Gasteiger partial charge in [-0.3, -0.25) is 24.7 Å². The minimum atomic E-state index is -0.438. The number of allylic oxidation sites excluding steroid dienone is 4. The first-order valence-electron chi connectivity index (χ1n) is 10.2. The molecular formula is C24H26N4O. The normalized spacial score (nSPS) is 24.3. The second kappa shape index (κ2) is 5.47. The molecule has 1 spiro atoms. The van der Waals surface area contributed by atoms with Gasteiger partial charge in [0, 0.05) is 41.3 Å². The Balaban J connectivity index is 1.86. The summed E-state index contributed by atoms with van der Waals surface area (Å²) in [5.41, 5.74) is 4.62. The van der Waals surface area contributed by atoms with Crippen molar-refractivity contribution in [2.45, 2.75) is 53.4 Å². The van der Waals surface area contributed by atoms with Gasteiger partial charge < -0.3 is 0 Å². The summed E-state index contributed by atoms with van der Waals surface area (Å²) >= 11 is 0. The van der Waals surface area contributed by atoms with Gasteiger partial charge in [-0.15, -0.1) is 0 Å². The van der Waals surface area contributed by atoms with Crippen LogP contribution in [0.4, 0.5) is 0 Å². The van der Waals surface area contributed by atoms with E-state index in [-0.39, 0.29) is 28.4 Å². The molecular weight excluding hydrogens is 360 g/mol. The van der Waals surface area contributed by atoms with Crippen LogP contribution in [0.15, 0.2) is 48.1 Å². The molecule has 2 heterocycles. The standard InChI is InChI=1S/C24H26N4O/c1-22(2,3)13-11-24(12-14(21(13)29)23(4,5)6)15-17-18(26-8-7-25-17)16(24)20-19(15)27-9-10-28-20/h7-12,15-16H,1-6H3. The van der Waals surface area contributed by atoms with E-state index in [1.54, 1.807) is 24.8 Å². The van der Waals surface area contributed by atoms with Crippen LogP contribution in [0.3, 0.4) is 0 Å². The van der Waals surface area contributed by atoms with E-state index < -0.39 is 5.41 Å². The third-order valence-electron chi connectivity index (χ3n) is 6.50. The monoisotopic (exact) mass is 386 g/mol. The molecule has 3 aliphatic rings. The lowest BCUT2D eigenvalue weighted by Crippen LogP contribution is -2.35. The number of carbonyl (C=O) groups excluding carboxylic acids is 1. The Morgan fingerprint density at radius 3 is 1.24 bits per heavy atom. The second-order valence-electron chi connectivity index (χ2n) is 10.5. The highest BCUT2D eigenvalue weighted by Gasteiger charge is 2.63. The summed E-state index contributed by atoms with van der Waals surface area (Å²) in [4.78, 5) is 32.4. The van der Waals surface area contributed by atoms with Gasteiger partial charge in [-0.05, 0) is 10.8 Å². The third-order valence-corrected chi connectivity index (χ3v) is 6.50.